The van der Waals surface area contributed by atoms with Gasteiger partial charge in [0.2, 0.25) is 0 Å². The van der Waals surface area contributed by atoms with Crippen LogP contribution in [0.1, 0.15) is 12.5 Å². The Balaban J connectivity index is 1.52. The number of rotatable bonds is 4. The fraction of sp³-hybridized carbons (Fsp3) is 0.350. The van der Waals surface area contributed by atoms with Crippen LogP contribution in [0.15, 0.2) is 36.8 Å². The lowest BCUT2D eigenvalue weighted by Gasteiger charge is -2.20. The lowest BCUT2D eigenvalue weighted by atomic mass is 10.1. The van der Waals surface area contributed by atoms with Crippen LogP contribution in [0, 0.1) is 23.2 Å². The van der Waals surface area contributed by atoms with E-state index in [1.807, 2.05) is 31.3 Å². The van der Waals surface area contributed by atoms with Crippen molar-refractivity contribution in [3.05, 3.63) is 42.4 Å². The summed E-state index contributed by atoms with van der Waals surface area (Å²) >= 11 is 0. The van der Waals surface area contributed by atoms with Crippen molar-refractivity contribution in [2.45, 2.75) is 13.0 Å². The third kappa shape index (κ3) is 2.53. The first-order chi connectivity index (χ1) is 13.2. The average molecular weight is 360 g/mol. The molecule has 136 valence electrons. The third-order valence-corrected chi connectivity index (χ3v) is 5.66. The van der Waals surface area contributed by atoms with Crippen LogP contribution in [0.25, 0.3) is 16.6 Å². The number of piperidine rings is 1. The SMILES string of the molecule is CCOc1cc(-c2ccc(N3CC4C(N)C4C3)nc2)c2c(C#N)cnn2c1. The van der Waals surface area contributed by atoms with E-state index in [0.717, 1.165) is 35.6 Å². The van der Waals surface area contributed by atoms with E-state index in [0.29, 0.717) is 35.8 Å². The van der Waals surface area contributed by atoms with Crippen molar-refractivity contribution in [1.29, 1.82) is 5.26 Å². The summed E-state index contributed by atoms with van der Waals surface area (Å²) in [4.78, 5) is 6.97. The molecule has 0 aromatic carbocycles. The number of hydrogen-bond donors (Lipinski definition) is 1. The Bertz CT molecular complexity index is 1040. The number of aromatic nitrogens is 3. The van der Waals surface area contributed by atoms with Crippen molar-refractivity contribution < 1.29 is 4.74 Å². The van der Waals surface area contributed by atoms with Gasteiger partial charge in [-0.25, -0.2) is 9.50 Å². The van der Waals surface area contributed by atoms with Crippen molar-refractivity contribution in [3.63, 3.8) is 0 Å². The summed E-state index contributed by atoms with van der Waals surface area (Å²) in [7, 11) is 0. The number of nitrogens with zero attached hydrogens (tertiary/aromatic N) is 5. The van der Waals surface area contributed by atoms with E-state index in [4.69, 9.17) is 10.5 Å². The number of nitriles is 1. The molecule has 3 aromatic heterocycles. The molecule has 7 heteroatoms. The Hall–Kier alpha value is -3.11. The van der Waals surface area contributed by atoms with Gasteiger partial charge >= 0.3 is 0 Å². The molecule has 2 unspecified atom stereocenters. The van der Waals surface area contributed by atoms with Gasteiger partial charge in [-0.15, -0.1) is 0 Å². The van der Waals surface area contributed by atoms with Crippen LogP contribution in [0.5, 0.6) is 5.75 Å². The zero-order valence-corrected chi connectivity index (χ0v) is 15.0. The summed E-state index contributed by atoms with van der Waals surface area (Å²) in [6.07, 6.45) is 5.24. The molecule has 7 nitrogen and oxygen atoms in total. The van der Waals surface area contributed by atoms with E-state index in [2.05, 4.69) is 21.1 Å². The minimum Gasteiger partial charge on any atom is -0.492 e. The molecule has 2 aliphatic rings. The summed E-state index contributed by atoms with van der Waals surface area (Å²) < 4.78 is 7.36. The highest BCUT2D eigenvalue weighted by molar-refractivity contribution is 5.85. The quantitative estimate of drug-likeness (QED) is 0.766. The van der Waals surface area contributed by atoms with Gasteiger partial charge in [-0.05, 0) is 37.0 Å². The highest BCUT2D eigenvalue weighted by Crippen LogP contribution is 2.45. The highest BCUT2D eigenvalue weighted by Gasteiger charge is 2.53. The summed E-state index contributed by atoms with van der Waals surface area (Å²) in [5.41, 5.74) is 9.15. The van der Waals surface area contributed by atoms with Gasteiger partial charge in [0.05, 0.1) is 30.1 Å². The molecule has 2 N–H and O–H groups in total. The Kier molecular flexibility index (Phi) is 3.55. The zero-order valence-electron chi connectivity index (χ0n) is 15.0. The minimum absolute atomic E-state index is 0.376. The van der Waals surface area contributed by atoms with E-state index < -0.39 is 0 Å². The van der Waals surface area contributed by atoms with Gasteiger partial charge in [0.1, 0.15) is 17.6 Å². The number of hydrogen-bond acceptors (Lipinski definition) is 6. The molecule has 2 atom stereocenters. The minimum atomic E-state index is 0.376. The van der Waals surface area contributed by atoms with Gasteiger partial charge in [-0.3, -0.25) is 0 Å². The Morgan fingerprint density at radius 2 is 2.11 bits per heavy atom. The number of nitrogens with two attached hydrogens (primary N) is 1. The van der Waals surface area contributed by atoms with Crippen molar-refractivity contribution in [3.8, 4) is 22.9 Å². The fourth-order valence-electron chi connectivity index (χ4n) is 4.14. The van der Waals surface area contributed by atoms with Gasteiger partial charge < -0.3 is 15.4 Å². The first kappa shape index (κ1) is 16.1. The summed E-state index contributed by atoms with van der Waals surface area (Å²) in [5, 5.41) is 13.7. The van der Waals surface area contributed by atoms with Crippen LogP contribution < -0.4 is 15.4 Å². The largest absolute Gasteiger partial charge is 0.492 e. The average Bonchev–Trinajstić information content (AvgIpc) is 3.09. The summed E-state index contributed by atoms with van der Waals surface area (Å²) in [6, 6.07) is 8.63. The zero-order chi connectivity index (χ0) is 18.5. The molecule has 1 saturated carbocycles. The second-order valence-electron chi connectivity index (χ2n) is 7.20. The van der Waals surface area contributed by atoms with E-state index in [1.54, 1.807) is 16.9 Å². The Labute approximate surface area is 157 Å². The fourth-order valence-corrected chi connectivity index (χ4v) is 4.14. The van der Waals surface area contributed by atoms with Crippen LogP contribution in [-0.4, -0.2) is 40.3 Å². The van der Waals surface area contributed by atoms with Crippen molar-refractivity contribution in [2.75, 3.05) is 24.6 Å². The molecule has 4 heterocycles. The van der Waals surface area contributed by atoms with Crippen LogP contribution in [-0.2, 0) is 0 Å². The molecular weight excluding hydrogens is 340 g/mol. The molecule has 2 fully saturated rings. The first-order valence-corrected chi connectivity index (χ1v) is 9.21. The van der Waals surface area contributed by atoms with Crippen LogP contribution >= 0.6 is 0 Å². The summed E-state index contributed by atoms with van der Waals surface area (Å²) in [5.74, 6) is 2.94. The maximum atomic E-state index is 9.44. The topological polar surface area (TPSA) is 92.5 Å². The molecule has 0 amide bonds. The van der Waals surface area contributed by atoms with Crippen LogP contribution in [0.2, 0.25) is 0 Å². The van der Waals surface area contributed by atoms with Crippen molar-refractivity contribution >= 4 is 11.3 Å². The number of anilines is 1. The monoisotopic (exact) mass is 360 g/mol. The maximum Gasteiger partial charge on any atom is 0.138 e. The smallest absolute Gasteiger partial charge is 0.138 e. The first-order valence-electron chi connectivity index (χ1n) is 9.21. The molecule has 1 aliphatic carbocycles. The second kappa shape index (κ2) is 5.96. The van der Waals surface area contributed by atoms with E-state index in [1.165, 1.54) is 0 Å². The number of ether oxygens (including phenoxy) is 1. The molecule has 1 aliphatic heterocycles. The van der Waals surface area contributed by atoms with E-state index >= 15 is 0 Å². The molecular formula is C20H20N6O. The Morgan fingerprint density at radius 1 is 1.30 bits per heavy atom. The predicted molar refractivity (Wildman–Crippen MR) is 101 cm³/mol. The van der Waals surface area contributed by atoms with Crippen molar-refractivity contribution in [1.82, 2.24) is 14.6 Å². The standard InChI is InChI=1S/C20H20N6O/c1-2-27-14-5-15(20-13(6-21)8-24-26(20)9-14)12-3-4-18(23-7-12)25-10-16-17(11-25)19(16)22/h3-5,7-9,16-17,19H,2,10-11,22H2,1H3. The predicted octanol–water partition coefficient (Wildman–Crippen LogP) is 2.06. The number of pyridine rings is 2. The lowest BCUT2D eigenvalue weighted by Crippen LogP contribution is -2.28. The maximum absolute atomic E-state index is 9.44. The normalized spacial score (nSPS) is 23.3. The van der Waals surface area contributed by atoms with Crippen LogP contribution in [0.3, 0.4) is 0 Å². The molecule has 5 rings (SSSR count). The Morgan fingerprint density at radius 3 is 2.78 bits per heavy atom. The molecule has 0 spiro atoms. The lowest BCUT2D eigenvalue weighted by molar-refractivity contribution is 0.338. The third-order valence-electron chi connectivity index (χ3n) is 5.66. The van der Waals surface area contributed by atoms with Crippen LogP contribution in [0.4, 0.5) is 5.82 Å². The van der Waals surface area contributed by atoms with Crippen molar-refractivity contribution in [2.24, 2.45) is 17.6 Å². The van der Waals surface area contributed by atoms with E-state index in [9.17, 15) is 5.26 Å². The molecule has 1 saturated heterocycles. The van der Waals surface area contributed by atoms with Gasteiger partial charge in [0.15, 0.2) is 0 Å². The molecule has 0 radical (unpaired) electrons. The molecule has 3 aromatic rings. The summed E-state index contributed by atoms with van der Waals surface area (Å²) in [6.45, 7) is 4.48. The van der Waals surface area contributed by atoms with E-state index in [-0.39, 0.29) is 0 Å². The highest BCUT2D eigenvalue weighted by atomic mass is 16.5. The molecule has 0 bridgehead atoms. The van der Waals surface area contributed by atoms with Gasteiger partial charge in [0, 0.05) is 36.5 Å². The number of fused-ring (bicyclic) bond motifs is 2. The van der Waals surface area contributed by atoms with Gasteiger partial charge in [0.25, 0.3) is 0 Å². The van der Waals surface area contributed by atoms with Gasteiger partial charge in [-0.1, -0.05) is 0 Å². The second-order valence-corrected chi connectivity index (χ2v) is 7.20. The molecule has 27 heavy (non-hydrogen) atoms. The van der Waals surface area contributed by atoms with Gasteiger partial charge in [-0.2, -0.15) is 10.4 Å².